The lowest BCUT2D eigenvalue weighted by Gasteiger charge is -2.13. The summed E-state index contributed by atoms with van der Waals surface area (Å²) in [5.74, 6) is 0. The molecule has 0 spiro atoms. The Bertz CT molecular complexity index is 659. The number of hydrogen-bond donors (Lipinski definition) is 1. The van der Waals surface area contributed by atoms with Crippen molar-refractivity contribution in [1.29, 1.82) is 0 Å². The molecule has 0 amide bonds. The van der Waals surface area contributed by atoms with E-state index >= 15 is 0 Å². The lowest BCUT2D eigenvalue weighted by molar-refractivity contribution is 0.869. The minimum atomic E-state index is -0.197. The van der Waals surface area contributed by atoms with E-state index in [0.717, 1.165) is 22.0 Å². The van der Waals surface area contributed by atoms with Crippen molar-refractivity contribution in [2.45, 2.75) is 6.04 Å². The maximum atomic E-state index is 6.30. The quantitative estimate of drug-likeness (QED) is 0.743. The van der Waals surface area contributed by atoms with E-state index in [1.165, 1.54) is 0 Å². The molecule has 0 aliphatic heterocycles. The van der Waals surface area contributed by atoms with Gasteiger partial charge in [0.05, 0.1) is 11.6 Å². The van der Waals surface area contributed by atoms with Crippen LogP contribution in [0.4, 0.5) is 0 Å². The Morgan fingerprint density at radius 1 is 0.944 bits per heavy atom. The predicted octanol–water partition coefficient (Wildman–Crippen LogP) is 2.68. The van der Waals surface area contributed by atoms with Crippen LogP contribution in [0.1, 0.15) is 17.2 Å². The van der Waals surface area contributed by atoms with E-state index in [1.807, 2.05) is 42.5 Å². The summed E-state index contributed by atoms with van der Waals surface area (Å²) in [7, 11) is 0. The molecule has 0 fully saturated rings. The molecule has 0 bridgehead atoms. The maximum Gasteiger partial charge on any atom is 0.0753 e. The van der Waals surface area contributed by atoms with Gasteiger partial charge in [-0.2, -0.15) is 0 Å². The Labute approximate surface area is 105 Å². The van der Waals surface area contributed by atoms with Crippen LogP contribution in [-0.2, 0) is 0 Å². The summed E-state index contributed by atoms with van der Waals surface area (Å²) in [4.78, 5) is 8.54. The summed E-state index contributed by atoms with van der Waals surface area (Å²) < 4.78 is 0. The van der Waals surface area contributed by atoms with Gasteiger partial charge in [0, 0.05) is 24.0 Å². The predicted molar refractivity (Wildman–Crippen MR) is 72.0 cm³/mol. The van der Waals surface area contributed by atoms with Crippen molar-refractivity contribution in [2.24, 2.45) is 5.73 Å². The Morgan fingerprint density at radius 3 is 2.61 bits per heavy atom. The Morgan fingerprint density at radius 2 is 1.78 bits per heavy atom. The van der Waals surface area contributed by atoms with Gasteiger partial charge >= 0.3 is 0 Å². The zero-order chi connectivity index (χ0) is 12.4. The van der Waals surface area contributed by atoms with E-state index in [1.54, 1.807) is 18.6 Å². The van der Waals surface area contributed by atoms with Crippen LogP contribution >= 0.6 is 0 Å². The average Bonchev–Trinajstić information content (AvgIpc) is 2.47. The highest BCUT2D eigenvalue weighted by Gasteiger charge is 2.12. The molecule has 0 radical (unpaired) electrons. The van der Waals surface area contributed by atoms with Gasteiger partial charge in [-0.1, -0.05) is 30.3 Å². The Hall–Kier alpha value is -2.26. The molecule has 3 nitrogen and oxygen atoms in total. The second kappa shape index (κ2) is 4.55. The Balaban J connectivity index is 2.15. The number of aromatic nitrogens is 2. The van der Waals surface area contributed by atoms with Gasteiger partial charge < -0.3 is 5.73 Å². The van der Waals surface area contributed by atoms with Crippen LogP contribution in [0, 0.1) is 0 Å². The summed E-state index contributed by atoms with van der Waals surface area (Å²) in [6, 6.07) is 13.7. The minimum absolute atomic E-state index is 0.197. The molecule has 2 N–H and O–H groups in total. The van der Waals surface area contributed by atoms with Crippen LogP contribution in [0.2, 0.25) is 0 Å². The van der Waals surface area contributed by atoms with Crippen LogP contribution < -0.4 is 5.73 Å². The molecule has 3 rings (SSSR count). The Kier molecular flexibility index (Phi) is 2.74. The van der Waals surface area contributed by atoms with E-state index in [2.05, 4.69) is 9.97 Å². The van der Waals surface area contributed by atoms with Crippen molar-refractivity contribution >= 4 is 10.9 Å². The van der Waals surface area contributed by atoms with E-state index in [-0.39, 0.29) is 6.04 Å². The molecular weight excluding hydrogens is 222 g/mol. The molecule has 1 atom stereocenters. The normalized spacial score (nSPS) is 12.5. The molecule has 0 aliphatic carbocycles. The molecule has 88 valence electrons. The molecule has 2 heterocycles. The van der Waals surface area contributed by atoms with Crippen LogP contribution in [0.3, 0.4) is 0 Å². The highest BCUT2D eigenvalue weighted by molar-refractivity contribution is 5.82. The van der Waals surface area contributed by atoms with Gasteiger partial charge in [0.15, 0.2) is 0 Å². The number of pyridine rings is 2. The van der Waals surface area contributed by atoms with Crippen LogP contribution in [0.15, 0.2) is 61.1 Å². The van der Waals surface area contributed by atoms with E-state index in [4.69, 9.17) is 5.73 Å². The van der Waals surface area contributed by atoms with Crippen molar-refractivity contribution in [1.82, 2.24) is 9.97 Å². The van der Waals surface area contributed by atoms with E-state index in [9.17, 15) is 0 Å². The number of benzene rings is 1. The summed E-state index contributed by atoms with van der Waals surface area (Å²) in [5.41, 5.74) is 9.28. The summed E-state index contributed by atoms with van der Waals surface area (Å²) >= 11 is 0. The van der Waals surface area contributed by atoms with Gasteiger partial charge in [-0.05, 0) is 23.3 Å². The third-order valence-corrected chi connectivity index (χ3v) is 3.04. The van der Waals surface area contributed by atoms with E-state index in [0.29, 0.717) is 0 Å². The fourth-order valence-electron chi connectivity index (χ4n) is 2.12. The maximum absolute atomic E-state index is 6.30. The number of rotatable bonds is 2. The fourth-order valence-corrected chi connectivity index (χ4v) is 2.12. The third kappa shape index (κ3) is 1.85. The topological polar surface area (TPSA) is 51.8 Å². The summed E-state index contributed by atoms with van der Waals surface area (Å²) in [6.07, 6.45) is 5.34. The van der Waals surface area contributed by atoms with Crippen LogP contribution in [0.25, 0.3) is 10.9 Å². The first-order valence-corrected chi connectivity index (χ1v) is 5.85. The smallest absolute Gasteiger partial charge is 0.0753 e. The number of hydrogen-bond acceptors (Lipinski definition) is 3. The highest BCUT2D eigenvalue weighted by Crippen LogP contribution is 2.25. The third-order valence-electron chi connectivity index (χ3n) is 3.04. The molecule has 0 saturated heterocycles. The van der Waals surface area contributed by atoms with Gasteiger partial charge in [-0.3, -0.25) is 9.97 Å². The van der Waals surface area contributed by atoms with Crippen molar-refractivity contribution in [3.8, 4) is 0 Å². The zero-order valence-electron chi connectivity index (χ0n) is 9.82. The minimum Gasteiger partial charge on any atom is -0.320 e. The van der Waals surface area contributed by atoms with E-state index < -0.39 is 0 Å². The van der Waals surface area contributed by atoms with Crippen molar-refractivity contribution in [3.05, 3.63) is 72.2 Å². The second-order valence-electron chi connectivity index (χ2n) is 4.19. The van der Waals surface area contributed by atoms with Gasteiger partial charge in [-0.15, -0.1) is 0 Å². The van der Waals surface area contributed by atoms with Crippen molar-refractivity contribution < 1.29 is 0 Å². The van der Waals surface area contributed by atoms with Crippen LogP contribution in [-0.4, -0.2) is 9.97 Å². The molecule has 3 heteroatoms. The molecule has 18 heavy (non-hydrogen) atoms. The molecule has 0 saturated carbocycles. The zero-order valence-corrected chi connectivity index (χ0v) is 9.82. The largest absolute Gasteiger partial charge is 0.320 e. The number of para-hydroxylation sites is 1. The van der Waals surface area contributed by atoms with Crippen molar-refractivity contribution in [2.75, 3.05) is 0 Å². The highest BCUT2D eigenvalue weighted by atomic mass is 14.7. The molecule has 2 aromatic heterocycles. The lowest BCUT2D eigenvalue weighted by atomic mass is 9.98. The molecule has 1 aromatic carbocycles. The first kappa shape index (κ1) is 10.9. The number of nitrogens with two attached hydrogens (primary N) is 1. The van der Waals surface area contributed by atoms with Gasteiger partial charge in [-0.25, -0.2) is 0 Å². The average molecular weight is 235 g/mol. The summed E-state index contributed by atoms with van der Waals surface area (Å²) in [6.45, 7) is 0. The first-order chi connectivity index (χ1) is 8.86. The second-order valence-corrected chi connectivity index (χ2v) is 4.19. The van der Waals surface area contributed by atoms with Gasteiger partial charge in [0.1, 0.15) is 0 Å². The van der Waals surface area contributed by atoms with Gasteiger partial charge in [0.25, 0.3) is 0 Å². The SMILES string of the molecule is NC(c1cccnc1)c1cccc2cccnc12. The fraction of sp³-hybridized carbons (Fsp3) is 0.0667. The molecule has 1 unspecified atom stereocenters. The molecule has 0 aliphatic rings. The van der Waals surface area contributed by atoms with Gasteiger partial charge in [0.2, 0.25) is 0 Å². The first-order valence-electron chi connectivity index (χ1n) is 5.85. The standard InChI is InChI=1S/C15H13N3/c16-14(12-6-2-8-17-10-12)13-7-1-4-11-5-3-9-18-15(11)13/h1-10,14H,16H2. The molecular formula is C15H13N3. The molecule has 3 aromatic rings. The number of nitrogens with zero attached hydrogens (tertiary/aromatic N) is 2. The summed E-state index contributed by atoms with van der Waals surface area (Å²) in [5, 5.41) is 1.11. The number of fused-ring (bicyclic) bond motifs is 1. The van der Waals surface area contributed by atoms with Crippen molar-refractivity contribution in [3.63, 3.8) is 0 Å². The monoisotopic (exact) mass is 235 g/mol. The van der Waals surface area contributed by atoms with Crippen LogP contribution in [0.5, 0.6) is 0 Å². The lowest BCUT2D eigenvalue weighted by Crippen LogP contribution is -2.12.